The molecule has 216 valence electrons. The van der Waals surface area contributed by atoms with Gasteiger partial charge in [0, 0.05) is 30.7 Å². The summed E-state index contributed by atoms with van der Waals surface area (Å²) in [4.78, 5) is 39.7. The Hall–Kier alpha value is -3.24. The molecule has 0 spiro atoms. The number of pyridine rings is 1. The molecule has 0 aromatic carbocycles. The fourth-order valence-electron chi connectivity index (χ4n) is 3.77. The average Bonchev–Trinajstić information content (AvgIpc) is 3.30. The molecule has 39 heavy (non-hydrogen) atoms. The van der Waals surface area contributed by atoms with Gasteiger partial charge in [0.1, 0.15) is 0 Å². The Labute approximate surface area is 222 Å². The minimum Gasteiger partial charge on any atom is -0.475 e. The van der Waals surface area contributed by atoms with Crippen molar-refractivity contribution in [2.75, 3.05) is 31.1 Å². The molecule has 0 bridgehead atoms. The molecule has 2 N–H and O–H groups in total. The fourth-order valence-corrected chi connectivity index (χ4v) is 4.41. The van der Waals surface area contributed by atoms with Crippen molar-refractivity contribution < 1.29 is 55.7 Å². The summed E-state index contributed by atoms with van der Waals surface area (Å²) in [5, 5.41) is 18.3. The van der Waals surface area contributed by atoms with Crippen molar-refractivity contribution in [3.8, 4) is 0 Å². The molecule has 0 aliphatic carbocycles. The number of hydrogen-bond donors (Lipinski definition) is 2. The molecule has 2 aliphatic heterocycles. The Kier molecular flexibility index (Phi) is 11.2. The van der Waals surface area contributed by atoms with Gasteiger partial charge in [-0.2, -0.15) is 37.7 Å². The maximum Gasteiger partial charge on any atom is 0.490 e. The first-order valence-electron chi connectivity index (χ1n) is 11.3. The van der Waals surface area contributed by atoms with E-state index in [1.54, 1.807) is 11.3 Å². The highest BCUT2D eigenvalue weighted by molar-refractivity contribution is 7.08. The predicted molar refractivity (Wildman–Crippen MR) is 126 cm³/mol. The van der Waals surface area contributed by atoms with Crippen LogP contribution in [-0.2, 0) is 25.7 Å². The van der Waals surface area contributed by atoms with E-state index in [0.717, 1.165) is 43.1 Å². The molecule has 2 aliphatic rings. The van der Waals surface area contributed by atoms with Crippen molar-refractivity contribution in [2.24, 2.45) is 5.92 Å². The van der Waals surface area contributed by atoms with Gasteiger partial charge in [0.05, 0.1) is 30.0 Å². The van der Waals surface area contributed by atoms with Crippen LogP contribution in [0.5, 0.6) is 0 Å². The summed E-state index contributed by atoms with van der Waals surface area (Å²) in [5.74, 6) is -5.33. The molecule has 2 fully saturated rings. The van der Waals surface area contributed by atoms with Crippen molar-refractivity contribution in [1.82, 2.24) is 9.88 Å². The minimum atomic E-state index is -5.08. The van der Waals surface area contributed by atoms with Crippen molar-refractivity contribution in [2.45, 2.75) is 38.3 Å². The molecule has 2 aromatic heterocycles. The van der Waals surface area contributed by atoms with Gasteiger partial charge < -0.3 is 19.8 Å². The largest absolute Gasteiger partial charge is 0.490 e. The van der Waals surface area contributed by atoms with Gasteiger partial charge in [0.2, 0.25) is 5.91 Å². The van der Waals surface area contributed by atoms with Gasteiger partial charge in [0.25, 0.3) is 0 Å². The third kappa shape index (κ3) is 10.1. The topological polar surface area (TPSA) is 120 Å². The van der Waals surface area contributed by atoms with E-state index in [1.807, 2.05) is 34.7 Å². The lowest BCUT2D eigenvalue weighted by atomic mass is 9.92. The Balaban J connectivity index is 0.000000317. The van der Waals surface area contributed by atoms with Crippen LogP contribution in [0.25, 0.3) is 0 Å². The maximum atomic E-state index is 13.0. The Morgan fingerprint density at radius 3 is 2.21 bits per heavy atom. The molecular weight excluding hydrogens is 560 g/mol. The monoisotopic (exact) mass is 585 g/mol. The zero-order valence-corrected chi connectivity index (χ0v) is 21.2. The van der Waals surface area contributed by atoms with E-state index >= 15 is 0 Å². The number of carbonyl (C=O) groups is 3. The third-order valence-electron chi connectivity index (χ3n) is 5.51. The quantitative estimate of drug-likeness (QED) is 0.520. The highest BCUT2D eigenvalue weighted by atomic mass is 32.1. The summed E-state index contributed by atoms with van der Waals surface area (Å²) < 4.78 is 69.5. The minimum absolute atomic E-state index is 0.0188. The number of aryl methyl sites for hydroxylation is 1. The number of nitrogens with zero attached hydrogens (tertiary/aromatic N) is 3. The van der Waals surface area contributed by atoms with E-state index < -0.39 is 24.3 Å². The molecule has 4 rings (SSSR count). The van der Waals surface area contributed by atoms with Crippen molar-refractivity contribution in [3.63, 3.8) is 0 Å². The Bertz CT molecular complexity index is 1090. The first kappa shape index (κ1) is 32.0. The SMILES string of the molecule is Cc1cccc(CN2CC[C@H]3C(=O)N(c4ccsc4)CCO[C@H]3C2)n1.O=C(O)C(F)(F)F.O=C(O)C(F)(F)F. The molecule has 2 saturated heterocycles. The molecule has 1 amide bonds. The number of ether oxygens (including phenoxy) is 1. The number of carboxylic acids is 2. The Morgan fingerprint density at radius 2 is 1.69 bits per heavy atom. The molecule has 2 aromatic rings. The van der Waals surface area contributed by atoms with E-state index in [9.17, 15) is 31.1 Å². The summed E-state index contributed by atoms with van der Waals surface area (Å²) in [6.07, 6.45) is -9.34. The zero-order chi connectivity index (χ0) is 29.4. The summed E-state index contributed by atoms with van der Waals surface area (Å²) in [7, 11) is 0. The molecule has 0 saturated carbocycles. The second-order valence-corrected chi connectivity index (χ2v) is 9.17. The highest BCUT2D eigenvalue weighted by Crippen LogP contribution is 2.29. The number of piperidine rings is 1. The van der Waals surface area contributed by atoms with Gasteiger partial charge in [-0.3, -0.25) is 14.7 Å². The number of carboxylic acid groups (broad SMARTS) is 2. The van der Waals surface area contributed by atoms with Crippen LogP contribution >= 0.6 is 11.3 Å². The van der Waals surface area contributed by atoms with Crippen LogP contribution in [0.2, 0.25) is 0 Å². The van der Waals surface area contributed by atoms with Gasteiger partial charge in [-0.05, 0) is 43.5 Å². The van der Waals surface area contributed by atoms with Crippen molar-refractivity contribution >= 4 is 34.9 Å². The number of halogens is 6. The smallest absolute Gasteiger partial charge is 0.475 e. The average molecular weight is 586 g/mol. The first-order chi connectivity index (χ1) is 18.1. The van der Waals surface area contributed by atoms with E-state index in [1.165, 1.54) is 0 Å². The summed E-state index contributed by atoms with van der Waals surface area (Å²) >= 11 is 1.62. The normalized spacial score (nSPS) is 20.0. The van der Waals surface area contributed by atoms with Crippen LogP contribution in [0.3, 0.4) is 0 Å². The van der Waals surface area contributed by atoms with Gasteiger partial charge >= 0.3 is 24.3 Å². The van der Waals surface area contributed by atoms with Crippen LogP contribution < -0.4 is 4.90 Å². The van der Waals surface area contributed by atoms with E-state index in [-0.39, 0.29) is 17.9 Å². The lowest BCUT2D eigenvalue weighted by Gasteiger charge is -2.36. The summed E-state index contributed by atoms with van der Waals surface area (Å²) in [6, 6.07) is 8.15. The Morgan fingerprint density at radius 1 is 1.08 bits per heavy atom. The molecule has 9 nitrogen and oxygen atoms in total. The number of alkyl halides is 6. The molecule has 16 heteroatoms. The number of hydrogen-bond acceptors (Lipinski definition) is 7. The fraction of sp³-hybridized carbons (Fsp3) is 0.478. The van der Waals surface area contributed by atoms with Crippen LogP contribution in [0.1, 0.15) is 17.8 Å². The van der Waals surface area contributed by atoms with E-state index in [0.29, 0.717) is 13.2 Å². The number of carbonyl (C=O) groups excluding carboxylic acids is 1. The van der Waals surface area contributed by atoms with Gasteiger partial charge in [-0.15, -0.1) is 0 Å². The van der Waals surface area contributed by atoms with Crippen molar-refractivity contribution in [1.29, 1.82) is 0 Å². The lowest BCUT2D eigenvalue weighted by Crippen LogP contribution is -2.49. The second kappa shape index (κ2) is 13.7. The van der Waals surface area contributed by atoms with Gasteiger partial charge in [-0.1, -0.05) is 6.07 Å². The molecule has 0 unspecified atom stereocenters. The second-order valence-electron chi connectivity index (χ2n) is 8.39. The molecular formula is C23H25F6N3O6S. The maximum absolute atomic E-state index is 13.0. The van der Waals surface area contributed by atoms with Crippen LogP contribution in [-0.4, -0.2) is 82.6 Å². The number of likely N-dealkylation sites (tertiary alicyclic amines) is 1. The van der Waals surface area contributed by atoms with Crippen LogP contribution in [0.4, 0.5) is 32.0 Å². The van der Waals surface area contributed by atoms with Crippen LogP contribution in [0.15, 0.2) is 35.0 Å². The number of thiophene rings is 1. The van der Waals surface area contributed by atoms with Gasteiger partial charge in [0.15, 0.2) is 0 Å². The number of rotatable bonds is 3. The van der Waals surface area contributed by atoms with E-state index in [2.05, 4.69) is 22.0 Å². The van der Waals surface area contributed by atoms with Crippen LogP contribution in [0, 0.1) is 12.8 Å². The number of fused-ring (bicyclic) bond motifs is 1. The number of amides is 1. The zero-order valence-electron chi connectivity index (χ0n) is 20.4. The van der Waals surface area contributed by atoms with Gasteiger partial charge in [-0.25, -0.2) is 9.59 Å². The number of aliphatic carboxylic acids is 2. The lowest BCUT2D eigenvalue weighted by molar-refractivity contribution is -0.193. The highest BCUT2D eigenvalue weighted by Gasteiger charge is 2.40. The first-order valence-corrected chi connectivity index (χ1v) is 12.2. The predicted octanol–water partition coefficient (Wildman–Crippen LogP) is 3.97. The number of anilines is 1. The summed E-state index contributed by atoms with van der Waals surface area (Å²) in [5.41, 5.74) is 3.13. The standard InChI is InChI=1S/C19H23N3O2S.2C2HF3O2/c1-14-3-2-4-15(20-14)11-21-7-5-17-18(12-21)24-9-8-22(19(17)23)16-6-10-25-13-16;2*3-2(4,5)1(6)7/h2-4,6,10,13,17-18H,5,7-9,11-12H2,1H3;2*(H,6,7)/t17-,18+;;/m1../s1. The molecule has 0 radical (unpaired) electrons. The third-order valence-corrected chi connectivity index (χ3v) is 6.18. The number of aromatic nitrogens is 1. The van der Waals surface area contributed by atoms with Crippen molar-refractivity contribution in [3.05, 3.63) is 46.4 Å². The molecule has 4 heterocycles. The molecule has 2 atom stereocenters. The summed E-state index contributed by atoms with van der Waals surface area (Å²) in [6.45, 7) is 5.77. The van der Waals surface area contributed by atoms with E-state index in [4.69, 9.17) is 24.5 Å².